The molecule has 0 spiro atoms. The Labute approximate surface area is 116 Å². The first-order valence-corrected chi connectivity index (χ1v) is 7.59. The summed E-state index contributed by atoms with van der Waals surface area (Å²) in [5, 5.41) is 8.38. The summed E-state index contributed by atoms with van der Waals surface area (Å²) in [6.45, 7) is 0.295. The van der Waals surface area contributed by atoms with Gasteiger partial charge in [0.05, 0.1) is 10.7 Å². The second-order valence-electron chi connectivity index (χ2n) is 3.99. The van der Waals surface area contributed by atoms with Gasteiger partial charge in [-0.05, 0) is 31.4 Å². The summed E-state index contributed by atoms with van der Waals surface area (Å²) in [4.78, 5) is -0.241. The first kappa shape index (κ1) is 16.2. The van der Waals surface area contributed by atoms with Gasteiger partial charge in [0, 0.05) is 13.2 Å². The Morgan fingerprint density at radius 1 is 1.32 bits per heavy atom. The van der Waals surface area contributed by atoms with E-state index in [0.29, 0.717) is 19.3 Å². The fourth-order valence-corrected chi connectivity index (χ4v) is 3.07. The number of aliphatic hydroxyl groups excluding tert-OH is 1. The molecule has 5 nitrogen and oxygen atoms in total. The summed E-state index contributed by atoms with van der Waals surface area (Å²) in [5.41, 5.74) is 5.05. The van der Waals surface area contributed by atoms with E-state index in [9.17, 15) is 12.8 Å². The van der Waals surface area contributed by atoms with Crippen molar-refractivity contribution in [1.29, 1.82) is 0 Å². The Hall–Kier alpha value is -0.890. The van der Waals surface area contributed by atoms with E-state index in [2.05, 4.69) is 4.72 Å². The maximum absolute atomic E-state index is 13.1. The van der Waals surface area contributed by atoms with E-state index in [1.54, 1.807) is 0 Å². The second-order valence-corrected chi connectivity index (χ2v) is 6.13. The maximum atomic E-state index is 13.1. The normalized spacial score (nSPS) is 11.7. The molecule has 1 aromatic rings. The van der Waals surface area contributed by atoms with Crippen molar-refractivity contribution in [3.05, 3.63) is 23.0 Å². The van der Waals surface area contributed by atoms with E-state index in [-0.39, 0.29) is 28.8 Å². The molecule has 4 N–H and O–H groups in total. The predicted molar refractivity (Wildman–Crippen MR) is 71.9 cm³/mol. The van der Waals surface area contributed by atoms with E-state index < -0.39 is 15.8 Å². The average molecular weight is 311 g/mol. The third-order valence-corrected chi connectivity index (χ3v) is 4.39. The quantitative estimate of drug-likeness (QED) is 0.525. The largest absolute Gasteiger partial charge is 0.396 e. The Morgan fingerprint density at radius 2 is 2.00 bits per heavy atom. The van der Waals surface area contributed by atoms with Gasteiger partial charge in [-0.15, -0.1) is 0 Å². The van der Waals surface area contributed by atoms with E-state index in [4.69, 9.17) is 22.4 Å². The molecule has 1 rings (SSSR count). The average Bonchev–Trinajstić information content (AvgIpc) is 2.33. The molecular weight excluding hydrogens is 295 g/mol. The van der Waals surface area contributed by atoms with Crippen molar-refractivity contribution in [2.75, 3.05) is 18.9 Å². The number of hydrogen-bond acceptors (Lipinski definition) is 4. The molecule has 0 saturated heterocycles. The molecule has 19 heavy (non-hydrogen) atoms. The van der Waals surface area contributed by atoms with Crippen molar-refractivity contribution >= 4 is 27.3 Å². The van der Waals surface area contributed by atoms with Crippen molar-refractivity contribution < 1.29 is 17.9 Å². The second kappa shape index (κ2) is 7.04. The minimum Gasteiger partial charge on any atom is -0.396 e. The van der Waals surface area contributed by atoms with E-state index >= 15 is 0 Å². The number of anilines is 1. The Kier molecular flexibility index (Phi) is 5.99. The van der Waals surface area contributed by atoms with Gasteiger partial charge in [-0.2, -0.15) is 0 Å². The summed E-state index contributed by atoms with van der Waals surface area (Å²) in [6, 6.07) is 1.87. The van der Waals surface area contributed by atoms with Gasteiger partial charge in [-0.3, -0.25) is 0 Å². The molecule has 0 aliphatic heterocycles. The van der Waals surface area contributed by atoms with Gasteiger partial charge in [0.2, 0.25) is 10.0 Å². The highest BCUT2D eigenvalue weighted by molar-refractivity contribution is 7.89. The first-order chi connectivity index (χ1) is 8.88. The van der Waals surface area contributed by atoms with Crippen LogP contribution in [0.3, 0.4) is 0 Å². The summed E-state index contributed by atoms with van der Waals surface area (Å²) in [6.07, 6.45) is 1.92. The number of hydrogen-bond donors (Lipinski definition) is 3. The van der Waals surface area contributed by atoms with Crippen molar-refractivity contribution in [3.8, 4) is 0 Å². The molecule has 0 aliphatic carbocycles. The summed E-state index contributed by atoms with van der Waals surface area (Å²) in [5.74, 6) is -0.758. The highest BCUT2D eigenvalue weighted by Crippen LogP contribution is 2.26. The zero-order valence-corrected chi connectivity index (χ0v) is 11.8. The smallest absolute Gasteiger partial charge is 0.242 e. The molecule has 0 saturated carbocycles. The number of benzene rings is 1. The van der Waals surface area contributed by atoms with Crippen molar-refractivity contribution in [3.63, 3.8) is 0 Å². The van der Waals surface area contributed by atoms with Crippen LogP contribution >= 0.6 is 11.6 Å². The molecule has 108 valence electrons. The standard InChI is InChI=1S/C11H16ClFN2O3S/c12-8-6-9(13)10(14)7-11(8)19(17,18)15-4-2-1-3-5-16/h6-7,15-16H,1-5,14H2. The number of nitrogens with one attached hydrogen (secondary N) is 1. The highest BCUT2D eigenvalue weighted by atomic mass is 35.5. The molecule has 8 heteroatoms. The van der Waals surface area contributed by atoms with Crippen LogP contribution in [0.5, 0.6) is 0 Å². The Morgan fingerprint density at radius 3 is 2.63 bits per heavy atom. The number of aliphatic hydroxyl groups is 1. The van der Waals surface area contributed by atoms with E-state index in [0.717, 1.165) is 12.1 Å². The van der Waals surface area contributed by atoms with Gasteiger partial charge >= 0.3 is 0 Å². The highest BCUT2D eigenvalue weighted by Gasteiger charge is 2.19. The van der Waals surface area contributed by atoms with Crippen LogP contribution in [0, 0.1) is 5.82 Å². The molecule has 0 fully saturated rings. The minimum absolute atomic E-state index is 0.0765. The summed E-state index contributed by atoms with van der Waals surface area (Å²) < 4.78 is 39.3. The monoisotopic (exact) mass is 310 g/mol. The number of halogens is 2. The molecule has 1 aromatic carbocycles. The topological polar surface area (TPSA) is 92.4 Å². The zero-order chi connectivity index (χ0) is 14.5. The number of nitrogens with two attached hydrogens (primary N) is 1. The van der Waals surface area contributed by atoms with Crippen LogP contribution in [0.1, 0.15) is 19.3 Å². The SMILES string of the molecule is Nc1cc(S(=O)(=O)NCCCCCO)c(Cl)cc1F. The summed E-state index contributed by atoms with van der Waals surface area (Å²) >= 11 is 5.70. The lowest BCUT2D eigenvalue weighted by molar-refractivity contribution is 0.283. The van der Waals surface area contributed by atoms with Crippen LogP contribution in [0.2, 0.25) is 5.02 Å². The number of sulfonamides is 1. The third-order valence-electron chi connectivity index (χ3n) is 2.47. The molecule has 0 atom stereocenters. The fraction of sp³-hybridized carbons (Fsp3) is 0.455. The first-order valence-electron chi connectivity index (χ1n) is 5.73. The van der Waals surface area contributed by atoms with Crippen LogP contribution in [-0.4, -0.2) is 26.7 Å². The van der Waals surface area contributed by atoms with Crippen LogP contribution in [-0.2, 0) is 10.0 Å². The van der Waals surface area contributed by atoms with Gasteiger partial charge < -0.3 is 10.8 Å². The fourth-order valence-electron chi connectivity index (χ4n) is 1.45. The molecular formula is C11H16ClFN2O3S. The van der Waals surface area contributed by atoms with E-state index in [1.807, 2.05) is 0 Å². The van der Waals surface area contributed by atoms with Gasteiger partial charge in [0.25, 0.3) is 0 Å². The molecule has 0 amide bonds. The lowest BCUT2D eigenvalue weighted by Gasteiger charge is -2.09. The lowest BCUT2D eigenvalue weighted by Crippen LogP contribution is -2.25. The van der Waals surface area contributed by atoms with Gasteiger partial charge in [-0.25, -0.2) is 17.5 Å². The van der Waals surface area contributed by atoms with Crippen molar-refractivity contribution in [1.82, 2.24) is 4.72 Å². The molecule has 0 radical (unpaired) electrons. The Balaban J connectivity index is 2.75. The third kappa shape index (κ3) is 4.61. The van der Waals surface area contributed by atoms with E-state index in [1.165, 1.54) is 0 Å². The molecule has 0 unspecified atom stereocenters. The number of rotatable bonds is 7. The van der Waals surface area contributed by atoms with Crippen molar-refractivity contribution in [2.24, 2.45) is 0 Å². The van der Waals surface area contributed by atoms with Crippen LogP contribution in [0.15, 0.2) is 17.0 Å². The van der Waals surface area contributed by atoms with Gasteiger partial charge in [0.15, 0.2) is 0 Å². The number of unbranched alkanes of at least 4 members (excludes halogenated alkanes) is 2. The van der Waals surface area contributed by atoms with Crippen LogP contribution < -0.4 is 10.5 Å². The maximum Gasteiger partial charge on any atom is 0.242 e. The van der Waals surface area contributed by atoms with Crippen molar-refractivity contribution in [2.45, 2.75) is 24.2 Å². The molecule has 0 aliphatic rings. The van der Waals surface area contributed by atoms with Gasteiger partial charge in [-0.1, -0.05) is 11.6 Å². The molecule has 0 bridgehead atoms. The molecule has 0 aromatic heterocycles. The lowest BCUT2D eigenvalue weighted by atomic mass is 10.2. The van der Waals surface area contributed by atoms with Crippen LogP contribution in [0.4, 0.5) is 10.1 Å². The minimum atomic E-state index is -3.81. The van der Waals surface area contributed by atoms with Gasteiger partial charge in [0.1, 0.15) is 10.7 Å². The molecule has 0 heterocycles. The summed E-state index contributed by atoms with van der Waals surface area (Å²) in [7, 11) is -3.81. The zero-order valence-electron chi connectivity index (χ0n) is 10.2. The predicted octanol–water partition coefficient (Wildman–Crippen LogP) is 1.50. The number of nitrogen functional groups attached to an aromatic ring is 1. The Bertz CT molecular complexity index is 537. The van der Waals surface area contributed by atoms with Crippen LogP contribution in [0.25, 0.3) is 0 Å².